The van der Waals surface area contributed by atoms with E-state index in [4.69, 9.17) is 10.5 Å². The third kappa shape index (κ3) is 2.42. The van der Waals surface area contributed by atoms with Gasteiger partial charge >= 0.3 is 0 Å². The minimum absolute atomic E-state index is 0.638. The molecule has 4 heteroatoms. The summed E-state index contributed by atoms with van der Waals surface area (Å²) in [6.07, 6.45) is 3.33. The first-order valence-corrected chi connectivity index (χ1v) is 4.89. The van der Waals surface area contributed by atoms with Crippen LogP contribution in [0.4, 0.5) is 17.1 Å². The third-order valence-electron chi connectivity index (χ3n) is 2.14. The minimum Gasteiger partial charge on any atom is -0.497 e. The summed E-state index contributed by atoms with van der Waals surface area (Å²) in [6.45, 7) is 0. The van der Waals surface area contributed by atoms with Crippen LogP contribution >= 0.6 is 0 Å². The van der Waals surface area contributed by atoms with Gasteiger partial charge in [-0.25, -0.2) is 0 Å². The van der Waals surface area contributed by atoms with E-state index in [0.717, 1.165) is 17.1 Å². The lowest BCUT2D eigenvalue weighted by Crippen LogP contribution is -1.93. The van der Waals surface area contributed by atoms with E-state index < -0.39 is 0 Å². The van der Waals surface area contributed by atoms with Crippen molar-refractivity contribution >= 4 is 17.1 Å². The van der Waals surface area contributed by atoms with Crippen LogP contribution in [-0.4, -0.2) is 12.1 Å². The fourth-order valence-corrected chi connectivity index (χ4v) is 1.37. The topological polar surface area (TPSA) is 60.2 Å². The molecule has 0 aliphatic heterocycles. The Balaban J connectivity index is 2.14. The van der Waals surface area contributed by atoms with E-state index in [1.54, 1.807) is 19.5 Å². The van der Waals surface area contributed by atoms with Crippen LogP contribution in [0.25, 0.3) is 0 Å². The summed E-state index contributed by atoms with van der Waals surface area (Å²) < 4.78 is 5.08. The van der Waals surface area contributed by atoms with Gasteiger partial charge in [-0.2, -0.15) is 0 Å². The standard InChI is InChI=1S/C12H13N3O/c1-16-12-4-2-10(3-5-12)15-11-6-9(13)7-14-8-11/h2-8,15H,13H2,1H3. The zero-order chi connectivity index (χ0) is 11.4. The number of hydrogen-bond donors (Lipinski definition) is 2. The summed E-state index contributed by atoms with van der Waals surface area (Å²) in [7, 11) is 1.64. The molecule has 0 aliphatic rings. The lowest BCUT2D eigenvalue weighted by molar-refractivity contribution is 0.415. The van der Waals surface area contributed by atoms with E-state index >= 15 is 0 Å². The van der Waals surface area contributed by atoms with Crippen LogP contribution in [0.1, 0.15) is 0 Å². The molecule has 82 valence electrons. The number of nitrogen functional groups attached to an aromatic ring is 1. The maximum atomic E-state index is 5.64. The Labute approximate surface area is 94.1 Å². The molecule has 1 aromatic heterocycles. The Morgan fingerprint density at radius 2 is 1.88 bits per heavy atom. The highest BCUT2D eigenvalue weighted by molar-refractivity contribution is 5.62. The van der Waals surface area contributed by atoms with Crippen LogP contribution in [0.3, 0.4) is 0 Å². The number of pyridine rings is 1. The fourth-order valence-electron chi connectivity index (χ4n) is 1.37. The zero-order valence-electron chi connectivity index (χ0n) is 8.97. The van der Waals surface area contributed by atoms with Crippen molar-refractivity contribution in [3.05, 3.63) is 42.7 Å². The fraction of sp³-hybridized carbons (Fsp3) is 0.0833. The molecular formula is C12H13N3O. The van der Waals surface area contributed by atoms with Gasteiger partial charge < -0.3 is 15.8 Å². The van der Waals surface area contributed by atoms with Crippen molar-refractivity contribution in [2.45, 2.75) is 0 Å². The molecule has 4 nitrogen and oxygen atoms in total. The second kappa shape index (κ2) is 4.53. The van der Waals surface area contributed by atoms with Crippen LogP contribution in [-0.2, 0) is 0 Å². The first-order valence-electron chi connectivity index (χ1n) is 4.89. The van der Waals surface area contributed by atoms with E-state index in [1.165, 1.54) is 0 Å². The largest absolute Gasteiger partial charge is 0.497 e. The first-order chi connectivity index (χ1) is 7.78. The molecule has 0 fully saturated rings. The van der Waals surface area contributed by atoms with Gasteiger partial charge in [-0.3, -0.25) is 4.98 Å². The number of rotatable bonds is 3. The Morgan fingerprint density at radius 3 is 2.50 bits per heavy atom. The quantitative estimate of drug-likeness (QED) is 0.825. The lowest BCUT2D eigenvalue weighted by Gasteiger charge is -2.07. The summed E-state index contributed by atoms with van der Waals surface area (Å²) >= 11 is 0. The maximum absolute atomic E-state index is 5.64. The number of benzene rings is 1. The highest BCUT2D eigenvalue weighted by atomic mass is 16.5. The summed E-state index contributed by atoms with van der Waals surface area (Å²) in [4.78, 5) is 4.00. The number of aromatic nitrogens is 1. The van der Waals surface area contributed by atoms with Crippen molar-refractivity contribution in [1.82, 2.24) is 4.98 Å². The van der Waals surface area contributed by atoms with Gasteiger partial charge in [0.1, 0.15) is 5.75 Å². The lowest BCUT2D eigenvalue weighted by atomic mass is 10.3. The van der Waals surface area contributed by atoms with Gasteiger partial charge in [0.15, 0.2) is 0 Å². The van der Waals surface area contributed by atoms with E-state index in [9.17, 15) is 0 Å². The van der Waals surface area contributed by atoms with Crippen molar-refractivity contribution in [2.24, 2.45) is 0 Å². The molecule has 0 saturated carbocycles. The number of nitrogens with two attached hydrogens (primary N) is 1. The number of ether oxygens (including phenoxy) is 1. The van der Waals surface area contributed by atoms with Gasteiger partial charge in [0.25, 0.3) is 0 Å². The summed E-state index contributed by atoms with van der Waals surface area (Å²) in [5, 5.41) is 3.20. The number of nitrogens with zero attached hydrogens (tertiary/aromatic N) is 1. The molecule has 16 heavy (non-hydrogen) atoms. The molecule has 1 heterocycles. The Kier molecular flexibility index (Phi) is 2.91. The van der Waals surface area contributed by atoms with Crippen molar-refractivity contribution in [1.29, 1.82) is 0 Å². The van der Waals surface area contributed by atoms with Gasteiger partial charge in [0.05, 0.1) is 24.7 Å². The third-order valence-corrected chi connectivity index (χ3v) is 2.14. The zero-order valence-corrected chi connectivity index (χ0v) is 8.97. The molecule has 0 atom stereocenters. The molecule has 0 aliphatic carbocycles. The number of nitrogens with one attached hydrogen (secondary N) is 1. The highest BCUT2D eigenvalue weighted by Crippen LogP contribution is 2.20. The van der Waals surface area contributed by atoms with Crippen LogP contribution in [0.15, 0.2) is 42.7 Å². The summed E-state index contributed by atoms with van der Waals surface area (Å²) in [5.41, 5.74) is 8.10. The average Bonchev–Trinajstić information content (AvgIpc) is 2.30. The van der Waals surface area contributed by atoms with Gasteiger partial charge in [0, 0.05) is 11.9 Å². The van der Waals surface area contributed by atoms with Gasteiger partial charge in [-0.05, 0) is 30.3 Å². The average molecular weight is 215 g/mol. The Hall–Kier alpha value is -2.23. The molecular weight excluding hydrogens is 202 g/mol. The minimum atomic E-state index is 0.638. The number of anilines is 3. The van der Waals surface area contributed by atoms with E-state index in [2.05, 4.69) is 10.3 Å². The molecule has 0 saturated heterocycles. The SMILES string of the molecule is COc1ccc(Nc2cncc(N)c2)cc1. The smallest absolute Gasteiger partial charge is 0.119 e. The van der Waals surface area contributed by atoms with Gasteiger partial charge in [0.2, 0.25) is 0 Å². The monoisotopic (exact) mass is 215 g/mol. The van der Waals surface area contributed by atoms with E-state index in [0.29, 0.717) is 5.69 Å². The summed E-state index contributed by atoms with van der Waals surface area (Å²) in [6, 6.07) is 9.48. The Bertz CT molecular complexity index is 468. The molecule has 0 unspecified atom stereocenters. The molecule has 2 rings (SSSR count). The van der Waals surface area contributed by atoms with Crippen LogP contribution in [0.5, 0.6) is 5.75 Å². The maximum Gasteiger partial charge on any atom is 0.119 e. The molecule has 0 bridgehead atoms. The number of hydrogen-bond acceptors (Lipinski definition) is 4. The van der Waals surface area contributed by atoms with Crippen molar-refractivity contribution < 1.29 is 4.74 Å². The van der Waals surface area contributed by atoms with E-state index in [1.807, 2.05) is 30.3 Å². The molecule has 0 amide bonds. The molecule has 0 spiro atoms. The van der Waals surface area contributed by atoms with Crippen LogP contribution in [0, 0.1) is 0 Å². The highest BCUT2D eigenvalue weighted by Gasteiger charge is 1.96. The van der Waals surface area contributed by atoms with Crippen molar-refractivity contribution in [3.63, 3.8) is 0 Å². The second-order valence-corrected chi connectivity index (χ2v) is 3.36. The normalized spacial score (nSPS) is 9.81. The van der Waals surface area contributed by atoms with Gasteiger partial charge in [-0.15, -0.1) is 0 Å². The predicted molar refractivity (Wildman–Crippen MR) is 64.9 cm³/mol. The second-order valence-electron chi connectivity index (χ2n) is 3.36. The molecule has 0 radical (unpaired) electrons. The van der Waals surface area contributed by atoms with E-state index in [-0.39, 0.29) is 0 Å². The van der Waals surface area contributed by atoms with Gasteiger partial charge in [-0.1, -0.05) is 0 Å². The molecule has 1 aromatic carbocycles. The molecule has 2 aromatic rings. The molecule has 3 N–H and O–H groups in total. The Morgan fingerprint density at radius 1 is 1.12 bits per heavy atom. The van der Waals surface area contributed by atoms with Crippen molar-refractivity contribution in [3.8, 4) is 5.75 Å². The predicted octanol–water partition coefficient (Wildman–Crippen LogP) is 2.42. The summed E-state index contributed by atoms with van der Waals surface area (Å²) in [5.74, 6) is 0.830. The van der Waals surface area contributed by atoms with Crippen LogP contribution in [0.2, 0.25) is 0 Å². The number of methoxy groups -OCH3 is 1. The van der Waals surface area contributed by atoms with Crippen LogP contribution < -0.4 is 15.8 Å². The first kappa shape index (κ1) is 10.3. The van der Waals surface area contributed by atoms with Crippen molar-refractivity contribution in [2.75, 3.05) is 18.2 Å².